The Bertz CT molecular complexity index is 347. The van der Waals surface area contributed by atoms with Gasteiger partial charge in [-0.05, 0) is 44.9 Å². The van der Waals surface area contributed by atoms with Gasteiger partial charge in [-0.3, -0.25) is 0 Å². The van der Waals surface area contributed by atoms with Crippen LogP contribution in [-0.2, 0) is 11.4 Å². The number of benzene rings is 1. The van der Waals surface area contributed by atoms with Crippen molar-refractivity contribution in [2.75, 3.05) is 0 Å². The number of hydrogen-bond donors (Lipinski definition) is 1. The SMILES string of the molecule is CC[C@@H](N[S+]([O-])C(C)(C)C)c1ccc(F)cc1. The second-order valence-corrected chi connectivity index (χ2v) is 7.01. The van der Waals surface area contributed by atoms with E-state index in [0.29, 0.717) is 0 Å². The lowest BCUT2D eigenvalue weighted by Gasteiger charge is -2.27. The van der Waals surface area contributed by atoms with Crippen molar-refractivity contribution in [3.8, 4) is 0 Å². The van der Waals surface area contributed by atoms with Gasteiger partial charge in [0, 0.05) is 11.4 Å². The largest absolute Gasteiger partial charge is 0.598 e. The van der Waals surface area contributed by atoms with Crippen LogP contribution in [0.25, 0.3) is 0 Å². The Morgan fingerprint density at radius 2 is 1.82 bits per heavy atom. The number of hydrogen-bond acceptors (Lipinski definition) is 2. The molecule has 0 aromatic heterocycles. The highest BCUT2D eigenvalue weighted by Gasteiger charge is 2.29. The summed E-state index contributed by atoms with van der Waals surface area (Å²) in [7, 11) is 0. The van der Waals surface area contributed by atoms with E-state index >= 15 is 0 Å². The summed E-state index contributed by atoms with van der Waals surface area (Å²) in [5.41, 5.74) is 0.964. The summed E-state index contributed by atoms with van der Waals surface area (Å²) >= 11 is -1.12. The molecule has 1 rings (SSSR count). The summed E-state index contributed by atoms with van der Waals surface area (Å²) < 4.78 is 27.6. The van der Waals surface area contributed by atoms with Crippen molar-refractivity contribution in [1.82, 2.24) is 4.72 Å². The minimum absolute atomic E-state index is 0.00402. The molecule has 1 aromatic carbocycles. The van der Waals surface area contributed by atoms with Gasteiger partial charge in [0.2, 0.25) is 0 Å². The van der Waals surface area contributed by atoms with Gasteiger partial charge < -0.3 is 4.55 Å². The first-order valence-electron chi connectivity index (χ1n) is 5.78. The van der Waals surface area contributed by atoms with E-state index in [1.807, 2.05) is 27.7 Å². The standard InChI is InChI=1S/C13H20FNOS/c1-5-12(15-17(16)13(2,3)4)10-6-8-11(14)9-7-10/h6-9,12,15H,5H2,1-4H3/t12-,17?/m1/s1. The van der Waals surface area contributed by atoms with Gasteiger partial charge >= 0.3 is 0 Å². The van der Waals surface area contributed by atoms with Crippen molar-refractivity contribution in [1.29, 1.82) is 0 Å². The first-order valence-corrected chi connectivity index (χ1v) is 6.93. The van der Waals surface area contributed by atoms with Crippen LogP contribution in [-0.4, -0.2) is 9.30 Å². The van der Waals surface area contributed by atoms with Gasteiger partial charge in [-0.1, -0.05) is 19.1 Å². The van der Waals surface area contributed by atoms with E-state index < -0.39 is 11.4 Å². The Morgan fingerprint density at radius 3 is 2.24 bits per heavy atom. The van der Waals surface area contributed by atoms with Gasteiger partial charge in [-0.15, -0.1) is 4.72 Å². The zero-order chi connectivity index (χ0) is 13.1. The molecule has 0 saturated heterocycles. The van der Waals surface area contributed by atoms with Gasteiger partial charge in [-0.2, -0.15) is 0 Å². The molecule has 1 unspecified atom stereocenters. The minimum Gasteiger partial charge on any atom is -0.598 e. The molecule has 0 amide bonds. The van der Waals surface area contributed by atoms with Gasteiger partial charge in [-0.25, -0.2) is 4.39 Å². The lowest BCUT2D eigenvalue weighted by Crippen LogP contribution is -2.41. The van der Waals surface area contributed by atoms with Crippen LogP contribution in [0.3, 0.4) is 0 Å². The molecular weight excluding hydrogens is 237 g/mol. The Morgan fingerprint density at radius 1 is 1.29 bits per heavy atom. The number of nitrogens with one attached hydrogen (secondary N) is 1. The molecule has 2 atom stereocenters. The first kappa shape index (κ1) is 14.5. The van der Waals surface area contributed by atoms with Crippen LogP contribution in [0.5, 0.6) is 0 Å². The fourth-order valence-electron chi connectivity index (χ4n) is 1.39. The Kier molecular flexibility index (Phi) is 4.98. The van der Waals surface area contributed by atoms with Crippen LogP contribution in [0.4, 0.5) is 4.39 Å². The smallest absolute Gasteiger partial charge is 0.136 e. The fraction of sp³-hybridized carbons (Fsp3) is 0.538. The second-order valence-electron chi connectivity index (χ2n) is 5.01. The third-order valence-corrected chi connectivity index (χ3v) is 4.10. The molecule has 0 radical (unpaired) electrons. The maximum absolute atomic E-state index is 12.8. The first-order chi connectivity index (χ1) is 7.84. The zero-order valence-corrected chi connectivity index (χ0v) is 11.6. The molecule has 4 heteroatoms. The van der Waals surface area contributed by atoms with E-state index in [2.05, 4.69) is 4.72 Å². The van der Waals surface area contributed by atoms with Gasteiger partial charge in [0.05, 0.1) is 6.04 Å². The number of rotatable bonds is 4. The normalized spacial score (nSPS) is 15.6. The summed E-state index contributed by atoms with van der Waals surface area (Å²) in [6.45, 7) is 7.79. The fourth-order valence-corrected chi connectivity index (χ4v) is 2.30. The maximum atomic E-state index is 12.8. The van der Waals surface area contributed by atoms with Crippen LogP contribution in [0.2, 0.25) is 0 Å². The van der Waals surface area contributed by atoms with Crippen molar-refractivity contribution in [3.63, 3.8) is 0 Å². The molecule has 1 aromatic rings. The highest BCUT2D eigenvalue weighted by atomic mass is 32.2. The van der Waals surface area contributed by atoms with E-state index in [9.17, 15) is 8.94 Å². The van der Waals surface area contributed by atoms with E-state index in [0.717, 1.165) is 12.0 Å². The topological polar surface area (TPSA) is 35.1 Å². The Balaban J connectivity index is 2.75. The van der Waals surface area contributed by atoms with Crippen molar-refractivity contribution in [3.05, 3.63) is 35.6 Å². The molecule has 0 aliphatic heterocycles. The Labute approximate surface area is 106 Å². The third kappa shape index (κ3) is 4.30. The molecule has 2 nitrogen and oxygen atoms in total. The average molecular weight is 257 g/mol. The summed E-state index contributed by atoms with van der Waals surface area (Å²) in [4.78, 5) is 0. The predicted octanol–water partition coefficient (Wildman–Crippen LogP) is 3.33. The summed E-state index contributed by atoms with van der Waals surface area (Å²) in [5, 5.41) is 0. The Hall–Kier alpha value is -0.580. The van der Waals surface area contributed by atoms with E-state index in [-0.39, 0.29) is 16.6 Å². The molecule has 0 bridgehead atoms. The van der Waals surface area contributed by atoms with Crippen LogP contribution < -0.4 is 4.72 Å². The summed E-state index contributed by atoms with van der Waals surface area (Å²) in [5.74, 6) is -0.249. The second kappa shape index (κ2) is 5.85. The van der Waals surface area contributed by atoms with Crippen LogP contribution in [0.1, 0.15) is 45.7 Å². The molecule has 1 N–H and O–H groups in total. The minimum atomic E-state index is -1.12. The molecule has 0 aliphatic rings. The summed E-state index contributed by atoms with van der Waals surface area (Å²) in [6, 6.07) is 6.32. The van der Waals surface area contributed by atoms with Crippen molar-refractivity contribution >= 4 is 11.4 Å². The zero-order valence-electron chi connectivity index (χ0n) is 10.8. The van der Waals surface area contributed by atoms with E-state index in [1.165, 1.54) is 12.1 Å². The van der Waals surface area contributed by atoms with E-state index in [4.69, 9.17) is 0 Å². The lowest BCUT2D eigenvalue weighted by molar-refractivity contribution is 0.518. The number of halogens is 1. The van der Waals surface area contributed by atoms with Crippen molar-refractivity contribution in [2.45, 2.75) is 44.9 Å². The highest BCUT2D eigenvalue weighted by molar-refractivity contribution is 7.90. The van der Waals surface area contributed by atoms with Crippen LogP contribution in [0, 0.1) is 5.82 Å². The van der Waals surface area contributed by atoms with Gasteiger partial charge in [0.15, 0.2) is 0 Å². The maximum Gasteiger partial charge on any atom is 0.136 e. The monoisotopic (exact) mass is 257 g/mol. The lowest BCUT2D eigenvalue weighted by atomic mass is 10.1. The molecule has 0 spiro atoms. The average Bonchev–Trinajstić information content (AvgIpc) is 2.25. The molecule has 0 fully saturated rings. The van der Waals surface area contributed by atoms with Crippen LogP contribution >= 0.6 is 0 Å². The molecule has 0 saturated carbocycles. The predicted molar refractivity (Wildman–Crippen MR) is 70.5 cm³/mol. The molecule has 96 valence electrons. The third-order valence-electron chi connectivity index (χ3n) is 2.49. The van der Waals surface area contributed by atoms with Gasteiger partial charge in [0.25, 0.3) is 0 Å². The quantitative estimate of drug-likeness (QED) is 0.840. The summed E-state index contributed by atoms with van der Waals surface area (Å²) in [6.07, 6.45) is 0.813. The van der Waals surface area contributed by atoms with Gasteiger partial charge in [0.1, 0.15) is 10.6 Å². The van der Waals surface area contributed by atoms with E-state index in [1.54, 1.807) is 12.1 Å². The molecular formula is C13H20FNOS. The molecule has 0 heterocycles. The van der Waals surface area contributed by atoms with Crippen molar-refractivity contribution < 1.29 is 8.94 Å². The molecule has 17 heavy (non-hydrogen) atoms. The highest BCUT2D eigenvalue weighted by Crippen LogP contribution is 2.22. The molecule has 0 aliphatic carbocycles. The van der Waals surface area contributed by atoms with Crippen molar-refractivity contribution in [2.24, 2.45) is 0 Å². The van der Waals surface area contributed by atoms with Crippen LogP contribution in [0.15, 0.2) is 24.3 Å².